The van der Waals surface area contributed by atoms with Crippen LogP contribution in [-0.4, -0.2) is 16.0 Å². The Morgan fingerprint density at radius 2 is 1.81 bits per heavy atom. The van der Waals surface area contributed by atoms with Crippen molar-refractivity contribution in [2.45, 2.75) is 32.4 Å². The smallest absolute Gasteiger partial charge is 0.121 e. The van der Waals surface area contributed by atoms with Gasteiger partial charge >= 0.3 is 0 Å². The number of para-hydroxylation sites is 2. The van der Waals surface area contributed by atoms with Crippen LogP contribution in [-0.2, 0) is 13.0 Å². The van der Waals surface area contributed by atoms with Gasteiger partial charge in [-0.05, 0) is 30.5 Å². The van der Waals surface area contributed by atoms with Crippen molar-refractivity contribution < 1.29 is 0 Å². The molecule has 3 aromatic rings. The molecule has 0 aliphatic rings. The fourth-order valence-corrected chi connectivity index (χ4v) is 2.59. The van der Waals surface area contributed by atoms with E-state index in [2.05, 4.69) is 58.6 Å². The Kier molecular flexibility index (Phi) is 4.31. The molecule has 21 heavy (non-hydrogen) atoms. The summed E-state index contributed by atoms with van der Waals surface area (Å²) in [5.74, 6) is 1.00. The molecule has 1 aromatic heterocycles. The molecule has 0 amide bonds. The van der Waals surface area contributed by atoms with Crippen molar-refractivity contribution >= 4 is 11.0 Å². The maximum atomic E-state index is 4.61. The summed E-state index contributed by atoms with van der Waals surface area (Å²) in [6.45, 7) is 3.00. The minimum Gasteiger partial charge on any atom is -0.341 e. The van der Waals surface area contributed by atoms with E-state index in [9.17, 15) is 0 Å². The summed E-state index contributed by atoms with van der Waals surface area (Å²) in [4.78, 5) is 7.97. The lowest BCUT2D eigenvalue weighted by molar-refractivity contribution is 0.487. The quantitative estimate of drug-likeness (QED) is 0.722. The number of fused-ring (bicyclic) bond motifs is 1. The van der Waals surface area contributed by atoms with Gasteiger partial charge in [-0.1, -0.05) is 49.4 Å². The largest absolute Gasteiger partial charge is 0.341 e. The number of aromatic amines is 1. The highest BCUT2D eigenvalue weighted by molar-refractivity contribution is 5.74. The van der Waals surface area contributed by atoms with Crippen molar-refractivity contribution in [3.8, 4) is 0 Å². The highest BCUT2D eigenvalue weighted by Gasteiger charge is 2.08. The zero-order chi connectivity index (χ0) is 14.5. The number of rotatable bonds is 6. The van der Waals surface area contributed by atoms with Crippen molar-refractivity contribution in [2.75, 3.05) is 0 Å². The first kappa shape index (κ1) is 13.8. The van der Waals surface area contributed by atoms with Crippen LogP contribution in [0.4, 0.5) is 0 Å². The van der Waals surface area contributed by atoms with Gasteiger partial charge in [-0.2, -0.15) is 0 Å². The van der Waals surface area contributed by atoms with Crippen LogP contribution < -0.4 is 5.32 Å². The fourth-order valence-electron chi connectivity index (χ4n) is 2.59. The van der Waals surface area contributed by atoms with Gasteiger partial charge in [0.15, 0.2) is 0 Å². The van der Waals surface area contributed by atoms with E-state index in [0.29, 0.717) is 6.04 Å². The first-order valence-corrected chi connectivity index (χ1v) is 7.56. The van der Waals surface area contributed by atoms with Gasteiger partial charge in [0.05, 0.1) is 17.6 Å². The van der Waals surface area contributed by atoms with Gasteiger partial charge in [-0.15, -0.1) is 0 Å². The van der Waals surface area contributed by atoms with Crippen LogP contribution >= 0.6 is 0 Å². The van der Waals surface area contributed by atoms with Crippen LogP contribution in [0, 0.1) is 0 Å². The molecule has 3 rings (SSSR count). The van der Waals surface area contributed by atoms with Gasteiger partial charge in [-0.25, -0.2) is 4.98 Å². The second-order valence-electron chi connectivity index (χ2n) is 5.38. The van der Waals surface area contributed by atoms with Crippen molar-refractivity contribution in [2.24, 2.45) is 0 Å². The molecule has 2 aromatic carbocycles. The Balaban J connectivity index is 1.62. The van der Waals surface area contributed by atoms with E-state index >= 15 is 0 Å². The van der Waals surface area contributed by atoms with Gasteiger partial charge in [0.1, 0.15) is 5.82 Å². The SMILES string of the molecule is CCC(Cc1ccccc1)NCc1nc2ccccc2[nH]1. The molecule has 0 aliphatic carbocycles. The fraction of sp³-hybridized carbons (Fsp3) is 0.278. The number of hydrogen-bond donors (Lipinski definition) is 2. The van der Waals surface area contributed by atoms with E-state index in [4.69, 9.17) is 0 Å². The average Bonchev–Trinajstić information content (AvgIpc) is 2.95. The Morgan fingerprint density at radius 1 is 1.05 bits per heavy atom. The second-order valence-corrected chi connectivity index (χ2v) is 5.38. The minimum atomic E-state index is 0.473. The Morgan fingerprint density at radius 3 is 2.57 bits per heavy atom. The number of nitrogens with one attached hydrogen (secondary N) is 2. The second kappa shape index (κ2) is 6.55. The third-order valence-corrected chi connectivity index (χ3v) is 3.81. The van der Waals surface area contributed by atoms with Crippen LogP contribution in [0.5, 0.6) is 0 Å². The predicted molar refractivity (Wildman–Crippen MR) is 87.2 cm³/mol. The van der Waals surface area contributed by atoms with Gasteiger partial charge in [0.2, 0.25) is 0 Å². The van der Waals surface area contributed by atoms with E-state index in [1.54, 1.807) is 0 Å². The number of aromatic nitrogens is 2. The van der Waals surface area contributed by atoms with Gasteiger partial charge < -0.3 is 10.3 Å². The maximum absolute atomic E-state index is 4.61. The van der Waals surface area contributed by atoms with E-state index in [0.717, 1.165) is 36.2 Å². The molecule has 1 heterocycles. The third-order valence-electron chi connectivity index (χ3n) is 3.81. The molecule has 2 N–H and O–H groups in total. The lowest BCUT2D eigenvalue weighted by Crippen LogP contribution is -2.30. The molecule has 1 atom stereocenters. The lowest BCUT2D eigenvalue weighted by atomic mass is 10.0. The topological polar surface area (TPSA) is 40.7 Å². The van der Waals surface area contributed by atoms with Crippen LogP contribution in [0.2, 0.25) is 0 Å². The molecule has 0 fully saturated rings. The van der Waals surface area contributed by atoms with E-state index < -0.39 is 0 Å². The van der Waals surface area contributed by atoms with Crippen molar-refractivity contribution in [1.29, 1.82) is 0 Å². The Hall–Kier alpha value is -2.13. The highest BCUT2D eigenvalue weighted by Crippen LogP contribution is 2.11. The molecule has 3 heteroatoms. The molecule has 0 bridgehead atoms. The lowest BCUT2D eigenvalue weighted by Gasteiger charge is -2.16. The summed E-state index contributed by atoms with van der Waals surface area (Å²) in [6.07, 6.45) is 2.16. The van der Waals surface area contributed by atoms with Gasteiger partial charge in [0.25, 0.3) is 0 Å². The van der Waals surface area contributed by atoms with Crippen molar-refractivity contribution in [1.82, 2.24) is 15.3 Å². The normalized spacial score (nSPS) is 12.6. The molecule has 0 spiro atoms. The zero-order valence-electron chi connectivity index (χ0n) is 12.3. The number of hydrogen-bond acceptors (Lipinski definition) is 2. The third kappa shape index (κ3) is 3.50. The zero-order valence-corrected chi connectivity index (χ0v) is 12.3. The molecule has 3 nitrogen and oxygen atoms in total. The molecule has 0 saturated heterocycles. The molecule has 1 unspecified atom stereocenters. The summed E-state index contributed by atoms with van der Waals surface area (Å²) in [7, 11) is 0. The van der Waals surface area contributed by atoms with E-state index in [1.165, 1.54) is 5.56 Å². The van der Waals surface area contributed by atoms with Crippen LogP contribution in [0.1, 0.15) is 24.7 Å². The summed E-state index contributed by atoms with van der Waals surface area (Å²) < 4.78 is 0. The number of imidazole rings is 1. The van der Waals surface area contributed by atoms with Gasteiger partial charge in [0, 0.05) is 6.04 Å². The Bertz CT molecular complexity index is 655. The maximum Gasteiger partial charge on any atom is 0.121 e. The van der Waals surface area contributed by atoms with Crippen molar-refractivity contribution in [3.05, 3.63) is 66.0 Å². The van der Waals surface area contributed by atoms with Crippen LogP contribution in [0.15, 0.2) is 54.6 Å². The van der Waals surface area contributed by atoms with Crippen LogP contribution in [0.3, 0.4) is 0 Å². The van der Waals surface area contributed by atoms with Gasteiger partial charge in [-0.3, -0.25) is 0 Å². The summed E-state index contributed by atoms with van der Waals surface area (Å²) >= 11 is 0. The first-order valence-electron chi connectivity index (χ1n) is 7.56. The Labute approximate surface area is 125 Å². The number of benzene rings is 2. The highest BCUT2D eigenvalue weighted by atomic mass is 15.0. The van der Waals surface area contributed by atoms with Crippen molar-refractivity contribution in [3.63, 3.8) is 0 Å². The molecule has 0 saturated carbocycles. The van der Waals surface area contributed by atoms with E-state index in [1.807, 2.05) is 18.2 Å². The first-order chi connectivity index (χ1) is 10.3. The molecule has 108 valence electrons. The molecular weight excluding hydrogens is 258 g/mol. The predicted octanol–water partition coefficient (Wildman–Crippen LogP) is 3.67. The molecule has 0 aliphatic heterocycles. The summed E-state index contributed by atoms with van der Waals surface area (Å²) in [6, 6.07) is 19.3. The molecular formula is C18H21N3. The minimum absolute atomic E-state index is 0.473. The summed E-state index contributed by atoms with van der Waals surface area (Å²) in [5.41, 5.74) is 3.51. The number of nitrogens with zero attached hydrogens (tertiary/aromatic N) is 1. The average molecular weight is 279 g/mol. The summed E-state index contributed by atoms with van der Waals surface area (Å²) in [5, 5.41) is 3.60. The standard InChI is InChI=1S/C18H21N3/c1-2-15(12-14-8-4-3-5-9-14)19-13-18-20-16-10-6-7-11-17(16)21-18/h3-11,15,19H,2,12-13H2,1H3,(H,20,21). The monoisotopic (exact) mass is 279 g/mol. The number of H-pyrrole nitrogens is 1. The van der Waals surface area contributed by atoms with Crippen LogP contribution in [0.25, 0.3) is 11.0 Å². The van der Waals surface area contributed by atoms with E-state index in [-0.39, 0.29) is 0 Å². The molecule has 0 radical (unpaired) electrons.